The Balaban J connectivity index is 2.07. The van der Waals surface area contributed by atoms with Crippen molar-refractivity contribution in [3.63, 3.8) is 0 Å². The van der Waals surface area contributed by atoms with E-state index in [0.717, 1.165) is 0 Å². The maximum absolute atomic E-state index is 11.7. The molecule has 7 heteroatoms. The van der Waals surface area contributed by atoms with Gasteiger partial charge in [0.25, 0.3) is 5.91 Å². The summed E-state index contributed by atoms with van der Waals surface area (Å²) in [6.07, 6.45) is 0. The molecule has 7 nitrogen and oxygen atoms in total. The lowest BCUT2D eigenvalue weighted by Crippen LogP contribution is -2.41. The van der Waals surface area contributed by atoms with Gasteiger partial charge in [-0.25, -0.2) is 5.10 Å². The molecular weight excluding hydrogens is 186 g/mol. The molecule has 1 fully saturated rings. The summed E-state index contributed by atoms with van der Waals surface area (Å²) in [5, 5.41) is 6.12. The molecule has 2 rings (SSSR count). The van der Waals surface area contributed by atoms with E-state index in [1.165, 1.54) is 0 Å². The van der Waals surface area contributed by atoms with Crippen molar-refractivity contribution < 1.29 is 9.53 Å². The van der Waals surface area contributed by atoms with Gasteiger partial charge in [-0.2, -0.15) is 4.98 Å². The minimum Gasteiger partial charge on any atom is -0.378 e. The molecule has 0 spiro atoms. The fourth-order valence-corrected chi connectivity index (χ4v) is 1.28. The highest BCUT2D eigenvalue weighted by atomic mass is 16.5. The number of carbonyl (C=O) groups excluding carboxylic acids is 1. The fraction of sp³-hybridized carbons (Fsp3) is 0.571. The predicted octanol–water partition coefficient (Wildman–Crippen LogP) is -1.14. The molecule has 1 aliphatic rings. The van der Waals surface area contributed by atoms with Crippen molar-refractivity contribution in [3.8, 4) is 0 Å². The van der Waals surface area contributed by atoms with Crippen LogP contribution in [-0.4, -0.2) is 52.3 Å². The number of aromatic amines is 1. The Hall–Kier alpha value is -1.63. The van der Waals surface area contributed by atoms with Gasteiger partial charge in [0.1, 0.15) is 0 Å². The van der Waals surface area contributed by atoms with Gasteiger partial charge in [-0.1, -0.05) is 0 Å². The van der Waals surface area contributed by atoms with E-state index in [2.05, 4.69) is 15.2 Å². The molecule has 0 unspecified atom stereocenters. The van der Waals surface area contributed by atoms with E-state index in [1.807, 2.05) is 0 Å². The number of anilines is 1. The minimum absolute atomic E-state index is 0.115. The quantitative estimate of drug-likeness (QED) is 0.593. The average Bonchev–Trinajstić information content (AvgIpc) is 2.65. The second-order valence-electron chi connectivity index (χ2n) is 2.95. The average molecular weight is 197 g/mol. The van der Waals surface area contributed by atoms with E-state index in [4.69, 9.17) is 10.5 Å². The van der Waals surface area contributed by atoms with Gasteiger partial charge >= 0.3 is 0 Å². The van der Waals surface area contributed by atoms with Gasteiger partial charge in [0.2, 0.25) is 11.8 Å². The Morgan fingerprint density at radius 3 is 2.79 bits per heavy atom. The fourth-order valence-electron chi connectivity index (χ4n) is 1.28. The normalized spacial score (nSPS) is 17.0. The minimum atomic E-state index is -0.207. The highest BCUT2D eigenvalue weighted by molar-refractivity contribution is 5.90. The summed E-state index contributed by atoms with van der Waals surface area (Å²) in [5.74, 6) is 0.0623. The summed E-state index contributed by atoms with van der Waals surface area (Å²) in [6.45, 7) is 2.28. The number of hydrogen-bond donors (Lipinski definition) is 2. The van der Waals surface area contributed by atoms with Crippen LogP contribution in [-0.2, 0) is 4.74 Å². The van der Waals surface area contributed by atoms with Crippen LogP contribution in [0.25, 0.3) is 0 Å². The van der Waals surface area contributed by atoms with Gasteiger partial charge in [-0.05, 0) is 0 Å². The van der Waals surface area contributed by atoms with Crippen molar-refractivity contribution in [2.75, 3.05) is 32.0 Å². The molecule has 1 aliphatic heterocycles. The molecule has 0 radical (unpaired) electrons. The number of morpholine rings is 1. The summed E-state index contributed by atoms with van der Waals surface area (Å²) < 4.78 is 5.12. The van der Waals surface area contributed by atoms with Crippen molar-refractivity contribution in [1.29, 1.82) is 0 Å². The van der Waals surface area contributed by atoms with Crippen molar-refractivity contribution in [3.05, 3.63) is 5.82 Å². The number of H-pyrrole nitrogens is 1. The van der Waals surface area contributed by atoms with Gasteiger partial charge in [-0.3, -0.25) is 4.79 Å². The van der Waals surface area contributed by atoms with Gasteiger partial charge in [0.05, 0.1) is 13.2 Å². The van der Waals surface area contributed by atoms with Crippen molar-refractivity contribution in [1.82, 2.24) is 20.1 Å². The molecule has 76 valence electrons. The summed E-state index contributed by atoms with van der Waals surface area (Å²) >= 11 is 0. The van der Waals surface area contributed by atoms with Crippen LogP contribution in [0.1, 0.15) is 10.6 Å². The largest absolute Gasteiger partial charge is 0.378 e. The third-order valence-corrected chi connectivity index (χ3v) is 1.99. The maximum Gasteiger partial charge on any atom is 0.293 e. The van der Waals surface area contributed by atoms with Gasteiger partial charge in [-0.15, -0.1) is 5.10 Å². The Kier molecular flexibility index (Phi) is 2.32. The number of nitrogens with zero attached hydrogens (tertiary/aromatic N) is 3. The smallest absolute Gasteiger partial charge is 0.293 e. The van der Waals surface area contributed by atoms with Crippen LogP contribution in [0.4, 0.5) is 5.95 Å². The zero-order valence-corrected chi connectivity index (χ0v) is 7.56. The first-order chi connectivity index (χ1) is 6.77. The topological polar surface area (TPSA) is 97.1 Å². The van der Waals surface area contributed by atoms with E-state index in [9.17, 15) is 4.79 Å². The predicted molar refractivity (Wildman–Crippen MR) is 47.5 cm³/mol. The Morgan fingerprint density at radius 2 is 2.21 bits per heavy atom. The number of nitrogens with two attached hydrogens (primary N) is 1. The second kappa shape index (κ2) is 3.62. The number of nitrogen functional groups attached to an aromatic ring is 1. The number of ether oxygens (including phenoxy) is 1. The molecule has 1 amide bonds. The van der Waals surface area contributed by atoms with Gasteiger partial charge < -0.3 is 15.4 Å². The maximum atomic E-state index is 11.7. The van der Waals surface area contributed by atoms with Gasteiger partial charge in [0, 0.05) is 13.1 Å². The zero-order chi connectivity index (χ0) is 9.97. The van der Waals surface area contributed by atoms with Crippen LogP contribution in [0.3, 0.4) is 0 Å². The number of carbonyl (C=O) groups is 1. The number of rotatable bonds is 1. The van der Waals surface area contributed by atoms with E-state index in [1.54, 1.807) is 4.90 Å². The lowest BCUT2D eigenvalue weighted by molar-refractivity contribution is 0.0295. The number of aromatic nitrogens is 3. The van der Waals surface area contributed by atoms with Crippen LogP contribution < -0.4 is 5.73 Å². The van der Waals surface area contributed by atoms with Crippen LogP contribution in [0.2, 0.25) is 0 Å². The van der Waals surface area contributed by atoms with E-state index < -0.39 is 0 Å². The molecule has 3 N–H and O–H groups in total. The van der Waals surface area contributed by atoms with Crippen LogP contribution >= 0.6 is 0 Å². The summed E-state index contributed by atoms with van der Waals surface area (Å²) in [6, 6.07) is 0. The third kappa shape index (κ3) is 1.67. The van der Waals surface area contributed by atoms with E-state index in [0.29, 0.717) is 26.3 Å². The molecule has 0 aromatic carbocycles. The molecule has 0 bridgehead atoms. The molecule has 2 heterocycles. The molecular formula is C7H11N5O2. The Bertz CT molecular complexity index is 331. The first kappa shape index (κ1) is 8.95. The highest BCUT2D eigenvalue weighted by Crippen LogP contribution is 2.03. The lowest BCUT2D eigenvalue weighted by atomic mass is 10.4. The van der Waals surface area contributed by atoms with Crippen LogP contribution in [0, 0.1) is 0 Å². The molecule has 14 heavy (non-hydrogen) atoms. The Morgan fingerprint density at radius 1 is 1.50 bits per heavy atom. The van der Waals surface area contributed by atoms with E-state index >= 15 is 0 Å². The van der Waals surface area contributed by atoms with Crippen molar-refractivity contribution in [2.24, 2.45) is 0 Å². The van der Waals surface area contributed by atoms with Gasteiger partial charge in [0.15, 0.2) is 0 Å². The highest BCUT2D eigenvalue weighted by Gasteiger charge is 2.21. The van der Waals surface area contributed by atoms with Crippen LogP contribution in [0.5, 0.6) is 0 Å². The van der Waals surface area contributed by atoms with Crippen LogP contribution in [0.15, 0.2) is 0 Å². The molecule has 0 atom stereocenters. The van der Waals surface area contributed by atoms with Crippen molar-refractivity contribution in [2.45, 2.75) is 0 Å². The molecule has 0 aliphatic carbocycles. The number of nitrogens with one attached hydrogen (secondary N) is 1. The molecule has 0 saturated carbocycles. The summed E-state index contributed by atoms with van der Waals surface area (Å²) in [7, 11) is 0. The van der Waals surface area contributed by atoms with Crippen molar-refractivity contribution >= 4 is 11.9 Å². The Labute approximate surface area is 80.2 Å². The number of hydrogen-bond acceptors (Lipinski definition) is 5. The second-order valence-corrected chi connectivity index (χ2v) is 2.95. The summed E-state index contributed by atoms with van der Waals surface area (Å²) in [5.41, 5.74) is 5.32. The SMILES string of the molecule is Nc1nc(C(=O)N2CCOCC2)n[nH]1. The third-order valence-electron chi connectivity index (χ3n) is 1.99. The first-order valence-corrected chi connectivity index (χ1v) is 4.32. The lowest BCUT2D eigenvalue weighted by Gasteiger charge is -2.25. The monoisotopic (exact) mass is 197 g/mol. The first-order valence-electron chi connectivity index (χ1n) is 4.32. The summed E-state index contributed by atoms with van der Waals surface area (Å²) in [4.78, 5) is 17.1. The number of amides is 1. The standard InChI is InChI=1S/C7H11N5O2/c8-7-9-5(10-11-7)6(13)12-1-3-14-4-2-12/h1-4H2,(H3,8,9,10,11). The van der Waals surface area contributed by atoms with E-state index in [-0.39, 0.29) is 17.7 Å². The zero-order valence-electron chi connectivity index (χ0n) is 7.56. The molecule has 1 aromatic heterocycles. The molecule has 1 aromatic rings. The molecule has 1 saturated heterocycles.